The first-order valence-electron chi connectivity index (χ1n) is 4.67. The zero-order valence-corrected chi connectivity index (χ0v) is 8.70. The summed E-state index contributed by atoms with van der Waals surface area (Å²) >= 11 is 1.57. The van der Waals surface area contributed by atoms with Crippen molar-refractivity contribution in [1.29, 1.82) is 0 Å². The van der Waals surface area contributed by atoms with Crippen molar-refractivity contribution in [2.24, 2.45) is 0 Å². The molecule has 0 radical (unpaired) electrons. The summed E-state index contributed by atoms with van der Waals surface area (Å²) < 4.78 is 1.70. The smallest absolute Gasteiger partial charge is 0.282 e. The number of thioether (sulfide) groups is 1. The number of nitrogens with zero attached hydrogens (tertiary/aromatic N) is 2. The quantitative estimate of drug-likeness (QED) is 0.632. The van der Waals surface area contributed by atoms with E-state index in [1.165, 1.54) is 0 Å². The van der Waals surface area contributed by atoms with Crippen LogP contribution in [-0.2, 0) is 6.54 Å². The fourth-order valence-corrected chi connectivity index (χ4v) is 2.59. The van der Waals surface area contributed by atoms with Crippen LogP contribution >= 0.6 is 11.8 Å². The van der Waals surface area contributed by atoms with E-state index >= 15 is 0 Å². The Kier molecular flexibility index (Phi) is 1.89. The second kappa shape index (κ2) is 3.24. The standard InChI is InChI=1S/C11H8N2OS/c14-11-12-9-5-2-1-4-8(9)10-13(11)6-3-7-15-10/h1-5,7H,6H2. The highest BCUT2D eigenvalue weighted by Gasteiger charge is 2.11. The number of fused-ring (bicyclic) bond motifs is 3. The molecule has 2 heterocycles. The molecule has 0 amide bonds. The van der Waals surface area contributed by atoms with Gasteiger partial charge in [-0.25, -0.2) is 4.79 Å². The number of rotatable bonds is 0. The van der Waals surface area contributed by atoms with Crippen LogP contribution in [0.1, 0.15) is 0 Å². The number of hydrogen-bond acceptors (Lipinski definition) is 3. The van der Waals surface area contributed by atoms with Crippen LogP contribution < -0.4 is 5.69 Å². The third kappa shape index (κ3) is 1.29. The lowest BCUT2D eigenvalue weighted by atomic mass is 10.2. The predicted molar refractivity (Wildman–Crippen MR) is 61.0 cm³/mol. The Bertz CT molecular complexity index is 616. The average molecular weight is 216 g/mol. The minimum Gasteiger partial charge on any atom is -0.282 e. The SMILES string of the molecule is O=c1nc2ccccc2c2n1CC=CS2. The number of aromatic nitrogens is 2. The molecule has 0 N–H and O–H groups in total. The van der Waals surface area contributed by atoms with Crippen molar-refractivity contribution in [1.82, 2.24) is 9.55 Å². The highest BCUT2D eigenvalue weighted by Crippen LogP contribution is 2.28. The van der Waals surface area contributed by atoms with Crippen LogP contribution in [0.15, 0.2) is 45.6 Å². The Morgan fingerprint density at radius 3 is 3.13 bits per heavy atom. The van der Waals surface area contributed by atoms with Crippen LogP contribution in [0.2, 0.25) is 0 Å². The first-order chi connectivity index (χ1) is 7.36. The molecule has 3 nitrogen and oxygen atoms in total. The molecule has 1 aliphatic rings. The first kappa shape index (κ1) is 8.73. The van der Waals surface area contributed by atoms with E-state index in [2.05, 4.69) is 4.98 Å². The molecule has 0 bridgehead atoms. The summed E-state index contributed by atoms with van der Waals surface area (Å²) in [7, 11) is 0. The predicted octanol–water partition coefficient (Wildman–Crippen LogP) is 2.02. The van der Waals surface area contributed by atoms with Gasteiger partial charge in [0.15, 0.2) is 0 Å². The Morgan fingerprint density at radius 1 is 1.33 bits per heavy atom. The van der Waals surface area contributed by atoms with Crippen LogP contribution in [0.4, 0.5) is 0 Å². The first-order valence-corrected chi connectivity index (χ1v) is 5.55. The van der Waals surface area contributed by atoms with Crippen molar-refractivity contribution in [2.45, 2.75) is 11.6 Å². The molecule has 0 aliphatic carbocycles. The summed E-state index contributed by atoms with van der Waals surface area (Å²) in [6.45, 7) is 0.624. The van der Waals surface area contributed by atoms with Gasteiger partial charge in [0.05, 0.1) is 10.5 Å². The third-order valence-corrected chi connectivity index (χ3v) is 3.38. The topological polar surface area (TPSA) is 34.9 Å². The van der Waals surface area contributed by atoms with Crippen LogP contribution in [0.3, 0.4) is 0 Å². The largest absolute Gasteiger partial charge is 0.349 e. The van der Waals surface area contributed by atoms with Gasteiger partial charge in [-0.3, -0.25) is 4.57 Å². The molecule has 1 aliphatic heterocycles. The molecule has 0 fully saturated rings. The van der Waals surface area contributed by atoms with Crippen molar-refractivity contribution in [3.8, 4) is 0 Å². The Morgan fingerprint density at radius 2 is 2.20 bits per heavy atom. The van der Waals surface area contributed by atoms with Gasteiger partial charge in [-0.15, -0.1) is 0 Å². The molecule has 1 aromatic carbocycles. The molecule has 1 aromatic heterocycles. The van der Waals surface area contributed by atoms with E-state index in [1.807, 2.05) is 35.7 Å². The highest BCUT2D eigenvalue weighted by molar-refractivity contribution is 8.02. The summed E-state index contributed by atoms with van der Waals surface area (Å²) in [5, 5.41) is 4.06. The number of para-hydroxylation sites is 1. The third-order valence-electron chi connectivity index (χ3n) is 2.39. The summed E-state index contributed by atoms with van der Waals surface area (Å²) in [4.78, 5) is 15.7. The summed E-state index contributed by atoms with van der Waals surface area (Å²) in [5.74, 6) is 0. The monoisotopic (exact) mass is 216 g/mol. The maximum absolute atomic E-state index is 11.7. The van der Waals surface area contributed by atoms with E-state index in [0.717, 1.165) is 15.9 Å². The van der Waals surface area contributed by atoms with Gasteiger partial charge in [0.25, 0.3) is 0 Å². The normalized spacial score (nSPS) is 14.1. The van der Waals surface area contributed by atoms with Crippen LogP contribution in [0.5, 0.6) is 0 Å². The molecule has 15 heavy (non-hydrogen) atoms. The lowest BCUT2D eigenvalue weighted by Gasteiger charge is -2.14. The van der Waals surface area contributed by atoms with Gasteiger partial charge in [0.1, 0.15) is 0 Å². The molecule has 0 unspecified atom stereocenters. The Labute approximate surface area is 90.4 Å². The zero-order valence-electron chi connectivity index (χ0n) is 7.88. The average Bonchev–Trinajstić information content (AvgIpc) is 2.30. The van der Waals surface area contributed by atoms with E-state index in [-0.39, 0.29) is 5.69 Å². The Balaban J connectivity index is 2.47. The zero-order chi connectivity index (χ0) is 10.3. The summed E-state index contributed by atoms with van der Waals surface area (Å²) in [6.07, 6.45) is 1.97. The molecule has 74 valence electrons. The van der Waals surface area contributed by atoms with Crippen LogP contribution in [0, 0.1) is 0 Å². The van der Waals surface area contributed by atoms with Gasteiger partial charge >= 0.3 is 5.69 Å². The fraction of sp³-hybridized carbons (Fsp3) is 0.0909. The van der Waals surface area contributed by atoms with E-state index in [4.69, 9.17) is 0 Å². The van der Waals surface area contributed by atoms with Gasteiger partial charge in [-0.05, 0) is 11.5 Å². The highest BCUT2D eigenvalue weighted by atomic mass is 32.2. The second-order valence-electron chi connectivity index (χ2n) is 3.32. The minimum atomic E-state index is -0.166. The maximum atomic E-state index is 11.7. The van der Waals surface area contributed by atoms with E-state index in [0.29, 0.717) is 6.54 Å². The van der Waals surface area contributed by atoms with Crippen molar-refractivity contribution in [3.63, 3.8) is 0 Å². The molecule has 4 heteroatoms. The second-order valence-corrected chi connectivity index (χ2v) is 4.21. The molecule has 0 saturated carbocycles. The molecule has 0 atom stereocenters. The molecule has 0 spiro atoms. The van der Waals surface area contributed by atoms with Gasteiger partial charge in [-0.1, -0.05) is 36.0 Å². The van der Waals surface area contributed by atoms with Gasteiger partial charge in [-0.2, -0.15) is 4.98 Å². The molecule has 0 saturated heterocycles. The van der Waals surface area contributed by atoms with Gasteiger partial charge in [0.2, 0.25) is 0 Å². The lowest BCUT2D eigenvalue weighted by Crippen LogP contribution is -2.24. The molecular formula is C11H8N2OS. The maximum Gasteiger partial charge on any atom is 0.349 e. The van der Waals surface area contributed by atoms with E-state index in [1.54, 1.807) is 16.3 Å². The van der Waals surface area contributed by atoms with E-state index in [9.17, 15) is 4.79 Å². The lowest BCUT2D eigenvalue weighted by molar-refractivity contribution is 0.684. The number of hydrogen-bond donors (Lipinski definition) is 0. The Hall–Kier alpha value is -1.55. The van der Waals surface area contributed by atoms with Crippen molar-refractivity contribution < 1.29 is 0 Å². The molecule has 2 aromatic rings. The molecular weight excluding hydrogens is 208 g/mol. The fourth-order valence-electron chi connectivity index (χ4n) is 1.70. The van der Waals surface area contributed by atoms with Gasteiger partial charge < -0.3 is 0 Å². The number of allylic oxidation sites excluding steroid dienone is 1. The molecule has 3 rings (SSSR count). The summed E-state index contributed by atoms with van der Waals surface area (Å²) in [5.41, 5.74) is 0.608. The number of benzene rings is 1. The van der Waals surface area contributed by atoms with Gasteiger partial charge in [0, 0.05) is 11.9 Å². The van der Waals surface area contributed by atoms with Crippen LogP contribution in [-0.4, -0.2) is 9.55 Å². The minimum absolute atomic E-state index is 0.166. The summed E-state index contributed by atoms with van der Waals surface area (Å²) in [6, 6.07) is 7.74. The van der Waals surface area contributed by atoms with Crippen molar-refractivity contribution in [2.75, 3.05) is 0 Å². The van der Waals surface area contributed by atoms with E-state index < -0.39 is 0 Å². The van der Waals surface area contributed by atoms with Crippen LogP contribution in [0.25, 0.3) is 10.9 Å². The van der Waals surface area contributed by atoms with Crippen molar-refractivity contribution >= 4 is 22.7 Å². The van der Waals surface area contributed by atoms with Crippen molar-refractivity contribution in [3.05, 3.63) is 46.2 Å².